The van der Waals surface area contributed by atoms with Crippen LogP contribution in [0.4, 0.5) is 13.6 Å². The Hall–Kier alpha value is -4.40. The Morgan fingerprint density at radius 3 is 2.46 bits per heavy atom. The van der Waals surface area contributed by atoms with E-state index in [1.807, 2.05) is 44.2 Å². The van der Waals surface area contributed by atoms with Crippen LogP contribution in [0.2, 0.25) is 0 Å². The molecule has 2 unspecified atom stereocenters. The van der Waals surface area contributed by atoms with Gasteiger partial charge in [-0.15, -0.1) is 11.3 Å². The molecule has 6 atom stereocenters. The van der Waals surface area contributed by atoms with Gasteiger partial charge in [-0.3, -0.25) is 28.3 Å². The highest BCUT2D eigenvalue weighted by Crippen LogP contribution is 2.67. The number of amides is 3. The molecule has 19 heteroatoms. The monoisotopic (exact) mass is 930 g/mol. The van der Waals surface area contributed by atoms with Gasteiger partial charge in [0.05, 0.1) is 29.6 Å². The second kappa shape index (κ2) is 21.1. The Balaban J connectivity index is 1.16. The molecule has 0 bridgehead atoms. The van der Waals surface area contributed by atoms with Gasteiger partial charge in [0.2, 0.25) is 18.6 Å². The zero-order valence-electron chi connectivity index (χ0n) is 35.7. The average Bonchev–Trinajstić information content (AvgIpc) is 3.99. The van der Waals surface area contributed by atoms with E-state index in [1.165, 1.54) is 12.1 Å². The predicted molar refractivity (Wildman–Crippen MR) is 233 cm³/mol. The van der Waals surface area contributed by atoms with Crippen molar-refractivity contribution in [2.45, 2.75) is 108 Å². The summed E-state index contributed by atoms with van der Waals surface area (Å²) in [6.07, 6.45) is 2.07. The summed E-state index contributed by atoms with van der Waals surface area (Å²) in [6.45, 7) is 5.70. The molecule has 0 aliphatic carbocycles. The van der Waals surface area contributed by atoms with Crippen LogP contribution in [0.1, 0.15) is 99.4 Å². The van der Waals surface area contributed by atoms with Gasteiger partial charge in [0, 0.05) is 47.5 Å². The maximum Gasteiger partial charge on any atom is 0.510 e. The van der Waals surface area contributed by atoms with E-state index in [0.717, 1.165) is 53.6 Å². The number of nitrogens with zero attached hydrogens (tertiary/aromatic N) is 3. The first-order valence-corrected chi connectivity index (χ1v) is 24.5. The first-order chi connectivity index (χ1) is 30.0. The van der Waals surface area contributed by atoms with Crippen LogP contribution in [0.25, 0.3) is 10.1 Å². The van der Waals surface area contributed by atoms with Gasteiger partial charge in [-0.25, -0.2) is 4.79 Å². The molecule has 4 heterocycles. The molecule has 3 saturated heterocycles. The van der Waals surface area contributed by atoms with Crippen LogP contribution in [0.15, 0.2) is 54.6 Å². The zero-order chi connectivity index (χ0) is 45.5. The number of thioether (sulfide) groups is 1. The number of fused-ring (bicyclic) bond motifs is 2. The summed E-state index contributed by atoms with van der Waals surface area (Å²) < 4.78 is 66.7. The minimum absolute atomic E-state index is 0.0763. The normalized spacial score (nSPS) is 22.6. The number of halogens is 2. The Kier molecular flexibility index (Phi) is 16.1. The second-order valence-corrected chi connectivity index (χ2v) is 21.0. The van der Waals surface area contributed by atoms with Gasteiger partial charge in [-0.1, -0.05) is 74.8 Å². The van der Waals surface area contributed by atoms with Crippen molar-refractivity contribution in [2.24, 2.45) is 11.8 Å². The molecule has 3 aliphatic heterocycles. The molecule has 1 N–H and O–H groups in total. The molecule has 63 heavy (non-hydrogen) atoms. The van der Waals surface area contributed by atoms with Gasteiger partial charge in [0.15, 0.2) is 5.12 Å². The number of nitriles is 1. The third kappa shape index (κ3) is 11.5. The van der Waals surface area contributed by atoms with Crippen LogP contribution in [-0.2, 0) is 43.1 Å². The Bertz CT molecular complexity index is 2240. The Morgan fingerprint density at radius 2 is 1.75 bits per heavy atom. The van der Waals surface area contributed by atoms with Crippen molar-refractivity contribution < 1.29 is 55.8 Å². The van der Waals surface area contributed by atoms with E-state index in [-0.39, 0.29) is 69.7 Å². The lowest BCUT2D eigenvalue weighted by atomic mass is 9.90. The number of likely N-dealkylation sites (tertiary alicyclic amines) is 1. The number of alkyl halides is 2. The summed E-state index contributed by atoms with van der Waals surface area (Å²) in [7, 11) is -5.45. The third-order valence-corrected chi connectivity index (χ3v) is 15.2. The zero-order valence-corrected chi connectivity index (χ0v) is 38.2. The Labute approximate surface area is 373 Å². The van der Waals surface area contributed by atoms with E-state index in [1.54, 1.807) is 23.6 Å². The quantitative estimate of drug-likeness (QED) is 0.0625. The van der Waals surface area contributed by atoms with Gasteiger partial charge < -0.3 is 29.1 Å². The van der Waals surface area contributed by atoms with E-state index in [0.29, 0.717) is 36.9 Å². The van der Waals surface area contributed by atoms with Crippen LogP contribution in [-0.4, -0.2) is 95.3 Å². The fourth-order valence-electron chi connectivity index (χ4n) is 8.28. The second-order valence-electron chi connectivity index (χ2n) is 16.7. The summed E-state index contributed by atoms with van der Waals surface area (Å²) >= 11 is 1.86. The highest BCUT2D eigenvalue weighted by atomic mass is 32.2. The number of hydrogen-bond acceptors (Lipinski definition) is 13. The van der Waals surface area contributed by atoms with E-state index < -0.39 is 62.5 Å². The number of carbonyl (C=O) groups excluding carboxylic acids is 5. The lowest BCUT2D eigenvalue weighted by Gasteiger charge is -2.36. The van der Waals surface area contributed by atoms with E-state index in [9.17, 15) is 33.8 Å². The topological polar surface area (TPSA) is 182 Å². The number of benzene rings is 2. The molecular formula is C44H53F2N4O10PS2. The van der Waals surface area contributed by atoms with Crippen molar-refractivity contribution in [3.8, 4) is 6.07 Å². The van der Waals surface area contributed by atoms with Crippen LogP contribution in [0.5, 0.6) is 0 Å². The highest BCUT2D eigenvalue weighted by Gasteiger charge is 2.56. The Morgan fingerprint density at radius 1 is 1.00 bits per heavy atom. The smallest absolute Gasteiger partial charge is 0.432 e. The van der Waals surface area contributed by atoms with Crippen LogP contribution in [0.3, 0.4) is 0 Å². The maximum atomic E-state index is 16.3. The molecular weight excluding hydrogens is 878 g/mol. The summed E-state index contributed by atoms with van der Waals surface area (Å²) in [5, 5.41) is 12.8. The predicted octanol–water partition coefficient (Wildman–Crippen LogP) is 8.80. The van der Waals surface area contributed by atoms with Crippen LogP contribution in [0, 0.1) is 23.2 Å². The number of nitrogens with one attached hydrogen (secondary N) is 1. The molecule has 6 rings (SSSR count). The fraction of sp³-hybridized carbons (Fsp3) is 0.545. The van der Waals surface area contributed by atoms with E-state index in [4.69, 9.17) is 18.5 Å². The van der Waals surface area contributed by atoms with Gasteiger partial charge in [-0.2, -0.15) is 14.0 Å². The number of ether oxygens (including phenoxy) is 2. The minimum Gasteiger partial charge on any atom is -0.432 e. The van der Waals surface area contributed by atoms with Crippen molar-refractivity contribution in [3.63, 3.8) is 0 Å². The first-order valence-electron chi connectivity index (χ1n) is 21.2. The molecule has 3 aromatic rings. The van der Waals surface area contributed by atoms with E-state index >= 15 is 8.78 Å². The number of thiophene rings is 1. The molecule has 0 saturated carbocycles. The third-order valence-electron chi connectivity index (χ3n) is 11.3. The van der Waals surface area contributed by atoms with Crippen molar-refractivity contribution in [3.05, 3.63) is 70.6 Å². The molecule has 3 amide bonds. The molecule has 0 spiro atoms. The van der Waals surface area contributed by atoms with Crippen molar-refractivity contribution in [1.29, 1.82) is 5.26 Å². The van der Waals surface area contributed by atoms with Crippen LogP contribution >= 0.6 is 30.7 Å². The molecule has 340 valence electrons. The molecule has 1 aromatic heterocycles. The molecule has 2 aromatic carbocycles. The molecule has 3 fully saturated rings. The van der Waals surface area contributed by atoms with Gasteiger partial charge in [0.25, 0.3) is 5.91 Å². The van der Waals surface area contributed by atoms with Crippen molar-refractivity contribution in [2.75, 3.05) is 32.2 Å². The molecule has 14 nitrogen and oxygen atoms in total. The fourth-order valence-corrected chi connectivity index (χ4v) is 11.6. The summed E-state index contributed by atoms with van der Waals surface area (Å²) in [6, 6.07) is 14.9. The lowest BCUT2D eigenvalue weighted by molar-refractivity contribution is -0.146. The first kappa shape index (κ1) is 48.1. The van der Waals surface area contributed by atoms with Gasteiger partial charge in [-0.05, 0) is 74.6 Å². The maximum absolute atomic E-state index is 16.3. The highest BCUT2D eigenvalue weighted by molar-refractivity contribution is 8.13. The summed E-state index contributed by atoms with van der Waals surface area (Å²) in [5.41, 5.74) is -4.08. The van der Waals surface area contributed by atoms with E-state index in [2.05, 4.69) is 11.4 Å². The summed E-state index contributed by atoms with van der Waals surface area (Å²) in [5.74, 6) is -1.72. The molecule has 3 aliphatic rings. The van der Waals surface area contributed by atoms with Crippen molar-refractivity contribution in [1.82, 2.24) is 15.1 Å². The standard InChI is InChI=1S/C44H53F2N4O10PS2/c1-27(2)20-39(51)62-19-18-58-61(56,59-26-57-43(55)60-28(3)4)44(45,46)32-14-17-37-30(21-32)22-38(63-37)40(52)48-35-13-9-8-12-33-15-16-36(50(33)41(35)53)42(54)49-24-31(23-47)34(25-49)29-10-6-5-7-11-29/h5-7,10-11,14,17,21-22,27-28,31,33-36H,8-9,12-13,15-16,18-20,24-26H2,1-4H3,(H,48,52)/t31-,33-,34+,35?,36-,61?/m0/s1. The number of hydrogen-bond donors (Lipinski definition) is 1. The van der Waals surface area contributed by atoms with Gasteiger partial charge in [0.1, 0.15) is 12.1 Å². The largest absolute Gasteiger partial charge is 0.510 e. The summed E-state index contributed by atoms with van der Waals surface area (Å²) in [4.78, 5) is 69.9. The minimum atomic E-state index is -5.45. The van der Waals surface area contributed by atoms with Crippen molar-refractivity contribution >= 4 is 69.8 Å². The average molecular weight is 931 g/mol. The van der Waals surface area contributed by atoms with Gasteiger partial charge >= 0.3 is 19.4 Å². The lowest BCUT2D eigenvalue weighted by Crippen LogP contribution is -2.56. The number of carbonyl (C=O) groups is 5. The van der Waals surface area contributed by atoms with Crippen LogP contribution < -0.4 is 5.32 Å². The SMILES string of the molecule is CC(C)CC(=O)SCCOP(=O)(OCOC(=O)OC(C)C)C(F)(F)c1ccc2sc(C(=O)NC3CCCC[C@H]4CC[C@@H](C(=O)N5C[C@H](c6ccccc6)[C@@H](C#N)C5)N4C3=O)cc2c1. The number of rotatable bonds is 16. The molecule has 0 radical (unpaired) electrons.